The van der Waals surface area contributed by atoms with E-state index >= 15 is 0 Å². The zero-order chi connectivity index (χ0) is 17.6. The SMILES string of the molecule is O=C(c1cc(=O)c2cccc(F)c2[nH]1)N1CCC[C@@]2(CCC[C@H]2O)C1. The van der Waals surface area contributed by atoms with Crippen LogP contribution >= 0.6 is 0 Å². The third kappa shape index (κ3) is 2.65. The van der Waals surface area contributed by atoms with Crippen molar-refractivity contribution in [2.75, 3.05) is 13.1 Å². The number of amides is 1. The van der Waals surface area contributed by atoms with Crippen molar-refractivity contribution in [2.45, 2.75) is 38.2 Å². The van der Waals surface area contributed by atoms with Gasteiger partial charge in [-0.2, -0.15) is 0 Å². The van der Waals surface area contributed by atoms with Crippen LogP contribution < -0.4 is 5.43 Å². The third-order valence-electron chi connectivity index (χ3n) is 5.80. The quantitative estimate of drug-likeness (QED) is 0.834. The molecule has 2 aliphatic rings. The maximum atomic E-state index is 14.0. The summed E-state index contributed by atoms with van der Waals surface area (Å²) in [4.78, 5) is 29.6. The molecule has 1 aromatic carbocycles. The lowest BCUT2D eigenvalue weighted by molar-refractivity contribution is -0.00554. The van der Waals surface area contributed by atoms with Crippen LogP contribution in [0.3, 0.4) is 0 Å². The molecule has 1 aliphatic carbocycles. The number of nitrogens with zero attached hydrogens (tertiary/aromatic N) is 1. The normalized spacial score (nSPS) is 26.5. The number of rotatable bonds is 1. The lowest BCUT2D eigenvalue weighted by Gasteiger charge is -2.42. The molecule has 5 nitrogen and oxygen atoms in total. The minimum absolute atomic E-state index is 0.0611. The van der Waals surface area contributed by atoms with E-state index in [-0.39, 0.29) is 39.5 Å². The highest BCUT2D eigenvalue weighted by Crippen LogP contribution is 2.45. The first-order valence-corrected chi connectivity index (χ1v) is 8.79. The number of aromatic nitrogens is 1. The second kappa shape index (κ2) is 5.95. The molecule has 2 fully saturated rings. The lowest BCUT2D eigenvalue weighted by atomic mass is 9.76. The first-order valence-electron chi connectivity index (χ1n) is 8.79. The molecule has 1 amide bonds. The first-order chi connectivity index (χ1) is 12.0. The van der Waals surface area contributed by atoms with E-state index < -0.39 is 5.82 Å². The van der Waals surface area contributed by atoms with Gasteiger partial charge in [-0.05, 0) is 37.8 Å². The third-order valence-corrected chi connectivity index (χ3v) is 5.80. The lowest BCUT2D eigenvalue weighted by Crippen LogP contribution is -2.49. The van der Waals surface area contributed by atoms with Crippen molar-refractivity contribution < 1.29 is 14.3 Å². The molecular formula is C19H21FN2O3. The van der Waals surface area contributed by atoms with Crippen LogP contribution in [-0.4, -0.2) is 40.1 Å². The molecule has 2 N–H and O–H groups in total. The molecule has 1 aromatic heterocycles. The number of piperidine rings is 1. The number of aliphatic hydroxyl groups excluding tert-OH is 1. The molecule has 1 saturated carbocycles. The molecular weight excluding hydrogens is 323 g/mol. The molecule has 132 valence electrons. The average molecular weight is 344 g/mol. The van der Waals surface area contributed by atoms with Crippen molar-refractivity contribution >= 4 is 16.8 Å². The number of hydrogen-bond donors (Lipinski definition) is 2. The standard InChI is InChI=1S/C19H21FN2O3/c20-13-5-1-4-12-15(23)10-14(21-17(12)13)18(25)22-9-3-8-19(11-22)7-2-6-16(19)24/h1,4-5,10,16,24H,2-3,6-9,11H2,(H,21,23)/t16-,19+/m1/s1. The van der Waals surface area contributed by atoms with Gasteiger partial charge in [0, 0.05) is 30.0 Å². The number of pyridine rings is 1. The van der Waals surface area contributed by atoms with Gasteiger partial charge in [0.1, 0.15) is 11.5 Å². The summed E-state index contributed by atoms with van der Waals surface area (Å²) in [7, 11) is 0. The van der Waals surface area contributed by atoms with Crippen LogP contribution in [0.5, 0.6) is 0 Å². The first kappa shape index (κ1) is 16.3. The van der Waals surface area contributed by atoms with E-state index in [4.69, 9.17) is 0 Å². The fraction of sp³-hybridized carbons (Fsp3) is 0.474. The van der Waals surface area contributed by atoms with Gasteiger partial charge < -0.3 is 15.0 Å². The number of fused-ring (bicyclic) bond motifs is 1. The largest absolute Gasteiger partial charge is 0.392 e. The number of aliphatic hydroxyl groups is 1. The second-order valence-corrected chi connectivity index (χ2v) is 7.31. The van der Waals surface area contributed by atoms with Crippen LogP contribution in [0.15, 0.2) is 29.1 Å². The van der Waals surface area contributed by atoms with Gasteiger partial charge in [-0.25, -0.2) is 4.39 Å². The molecule has 2 atom stereocenters. The van der Waals surface area contributed by atoms with Gasteiger partial charge in [-0.3, -0.25) is 9.59 Å². The number of halogens is 1. The van der Waals surface area contributed by atoms with E-state index in [0.29, 0.717) is 13.1 Å². The Balaban J connectivity index is 1.68. The van der Waals surface area contributed by atoms with Gasteiger partial charge in [0.15, 0.2) is 5.43 Å². The van der Waals surface area contributed by atoms with Crippen molar-refractivity contribution in [3.05, 3.63) is 46.0 Å². The minimum Gasteiger partial charge on any atom is -0.392 e. The van der Waals surface area contributed by atoms with Gasteiger partial charge in [0.25, 0.3) is 5.91 Å². The van der Waals surface area contributed by atoms with Crippen LogP contribution in [0.4, 0.5) is 4.39 Å². The van der Waals surface area contributed by atoms with Crippen molar-refractivity contribution in [2.24, 2.45) is 5.41 Å². The number of aromatic amines is 1. The molecule has 0 unspecified atom stereocenters. The van der Waals surface area contributed by atoms with Crippen LogP contribution in [0.1, 0.15) is 42.6 Å². The number of para-hydroxylation sites is 1. The summed E-state index contributed by atoms with van der Waals surface area (Å²) in [6, 6.07) is 5.52. The molecule has 2 heterocycles. The molecule has 4 rings (SSSR count). The predicted octanol–water partition coefficient (Wildman–Crippen LogP) is 2.43. The van der Waals surface area contributed by atoms with Gasteiger partial charge in [-0.15, -0.1) is 0 Å². The number of H-pyrrole nitrogens is 1. The monoisotopic (exact) mass is 344 g/mol. The van der Waals surface area contributed by atoms with E-state index in [1.54, 1.807) is 4.90 Å². The average Bonchev–Trinajstić information content (AvgIpc) is 2.95. The maximum absolute atomic E-state index is 14.0. The summed E-state index contributed by atoms with van der Waals surface area (Å²) in [6.07, 6.45) is 4.04. The summed E-state index contributed by atoms with van der Waals surface area (Å²) in [5.74, 6) is -0.856. The smallest absolute Gasteiger partial charge is 0.270 e. The van der Waals surface area contributed by atoms with Gasteiger partial charge in [0.2, 0.25) is 0 Å². The highest BCUT2D eigenvalue weighted by Gasteiger charge is 2.45. The Morgan fingerprint density at radius 3 is 2.88 bits per heavy atom. The fourth-order valence-corrected chi connectivity index (χ4v) is 4.45. The number of carbonyl (C=O) groups excluding carboxylic acids is 1. The summed E-state index contributed by atoms with van der Waals surface area (Å²) < 4.78 is 14.0. The molecule has 1 spiro atoms. The molecule has 25 heavy (non-hydrogen) atoms. The Morgan fingerprint density at radius 1 is 1.32 bits per heavy atom. The zero-order valence-electron chi connectivity index (χ0n) is 13.9. The second-order valence-electron chi connectivity index (χ2n) is 7.31. The van der Waals surface area contributed by atoms with E-state index in [1.807, 2.05) is 0 Å². The predicted molar refractivity (Wildman–Crippen MR) is 92.0 cm³/mol. The van der Waals surface area contributed by atoms with Gasteiger partial charge in [-0.1, -0.05) is 12.5 Å². The summed E-state index contributed by atoms with van der Waals surface area (Å²) in [5.41, 5.74) is -0.432. The van der Waals surface area contributed by atoms with E-state index in [9.17, 15) is 19.1 Å². The van der Waals surface area contributed by atoms with Crippen molar-refractivity contribution in [1.29, 1.82) is 0 Å². The molecule has 2 aromatic rings. The Bertz CT molecular complexity index is 894. The Labute approximate surface area is 144 Å². The molecule has 0 bridgehead atoms. The summed E-state index contributed by atoms with van der Waals surface area (Å²) >= 11 is 0. The highest BCUT2D eigenvalue weighted by atomic mass is 19.1. The van der Waals surface area contributed by atoms with Crippen LogP contribution in [-0.2, 0) is 0 Å². The fourth-order valence-electron chi connectivity index (χ4n) is 4.45. The molecule has 6 heteroatoms. The molecule has 1 aliphatic heterocycles. The molecule has 0 radical (unpaired) electrons. The zero-order valence-corrected chi connectivity index (χ0v) is 13.9. The molecule has 1 saturated heterocycles. The number of carbonyl (C=O) groups is 1. The minimum atomic E-state index is -0.550. The van der Waals surface area contributed by atoms with Gasteiger partial charge in [0.05, 0.1) is 11.6 Å². The number of nitrogens with one attached hydrogen (secondary N) is 1. The van der Waals surface area contributed by atoms with Crippen LogP contribution in [0.2, 0.25) is 0 Å². The van der Waals surface area contributed by atoms with E-state index in [0.717, 1.165) is 32.1 Å². The number of hydrogen-bond acceptors (Lipinski definition) is 3. The van der Waals surface area contributed by atoms with Crippen LogP contribution in [0, 0.1) is 11.2 Å². The van der Waals surface area contributed by atoms with Crippen molar-refractivity contribution in [1.82, 2.24) is 9.88 Å². The van der Waals surface area contributed by atoms with E-state index in [2.05, 4.69) is 4.98 Å². The number of likely N-dealkylation sites (tertiary alicyclic amines) is 1. The summed E-state index contributed by atoms with van der Waals surface area (Å²) in [5, 5.41) is 10.6. The van der Waals surface area contributed by atoms with Crippen LogP contribution in [0.25, 0.3) is 10.9 Å². The Hall–Kier alpha value is -2.21. The van der Waals surface area contributed by atoms with Crippen molar-refractivity contribution in [3.63, 3.8) is 0 Å². The summed E-state index contributed by atoms with van der Waals surface area (Å²) in [6.45, 7) is 1.08. The topological polar surface area (TPSA) is 73.4 Å². The van der Waals surface area contributed by atoms with Gasteiger partial charge >= 0.3 is 0 Å². The highest BCUT2D eigenvalue weighted by molar-refractivity contribution is 5.95. The van der Waals surface area contributed by atoms with E-state index in [1.165, 1.54) is 24.3 Å². The Morgan fingerprint density at radius 2 is 2.12 bits per heavy atom. The van der Waals surface area contributed by atoms with Crippen molar-refractivity contribution in [3.8, 4) is 0 Å². The number of benzene rings is 1. The maximum Gasteiger partial charge on any atom is 0.270 e. The Kier molecular flexibility index (Phi) is 3.87.